The number of hydrogen-bond acceptors (Lipinski definition) is 4. The van der Waals surface area contributed by atoms with Crippen molar-refractivity contribution in [2.75, 3.05) is 5.43 Å². The van der Waals surface area contributed by atoms with Gasteiger partial charge in [-0.15, -0.1) is 0 Å². The highest BCUT2D eigenvalue weighted by Gasteiger charge is 2.10. The van der Waals surface area contributed by atoms with Crippen LogP contribution in [0.2, 0.25) is 5.02 Å². The molecule has 0 spiro atoms. The summed E-state index contributed by atoms with van der Waals surface area (Å²) in [6.07, 6.45) is 1.55. The van der Waals surface area contributed by atoms with Crippen LogP contribution in [0.15, 0.2) is 17.2 Å². The fourth-order valence-corrected chi connectivity index (χ4v) is 2.00. The van der Waals surface area contributed by atoms with E-state index in [0.717, 1.165) is 29.7 Å². The summed E-state index contributed by atoms with van der Waals surface area (Å²) in [6.45, 7) is 4.01. The van der Waals surface area contributed by atoms with Crippen molar-refractivity contribution in [3.8, 4) is 6.07 Å². The van der Waals surface area contributed by atoms with Gasteiger partial charge < -0.3 is 5.73 Å². The molecule has 5 nitrogen and oxygen atoms in total. The molecular weight excluding hydrogens is 262 g/mol. The third-order valence-corrected chi connectivity index (χ3v) is 3.07. The molecule has 1 rings (SSSR count). The van der Waals surface area contributed by atoms with Crippen LogP contribution in [0.1, 0.15) is 25.0 Å². The van der Waals surface area contributed by atoms with Crippen molar-refractivity contribution < 1.29 is 0 Å². The van der Waals surface area contributed by atoms with Gasteiger partial charge in [-0.25, -0.2) is 0 Å². The first-order valence-corrected chi connectivity index (χ1v) is 6.31. The monoisotopic (exact) mass is 277 g/mol. The predicted octanol–water partition coefficient (Wildman–Crippen LogP) is 2.69. The first kappa shape index (κ1) is 15.0. The fourth-order valence-electron chi connectivity index (χ4n) is 1.71. The molecule has 4 N–H and O–H groups in total. The second kappa shape index (κ2) is 6.76. The van der Waals surface area contributed by atoms with Gasteiger partial charge in [-0.1, -0.05) is 31.5 Å². The average molecular weight is 278 g/mol. The van der Waals surface area contributed by atoms with E-state index in [-0.39, 0.29) is 11.5 Å². The normalized spacial score (nSPS) is 10.9. The topological polar surface area (TPSA) is 98.0 Å². The molecule has 19 heavy (non-hydrogen) atoms. The minimum absolute atomic E-state index is 0.149. The van der Waals surface area contributed by atoms with Crippen LogP contribution in [0.4, 0.5) is 5.69 Å². The number of nitriles is 1. The summed E-state index contributed by atoms with van der Waals surface area (Å²) in [5.41, 5.74) is 10.7. The number of anilines is 1. The summed E-state index contributed by atoms with van der Waals surface area (Å²) in [4.78, 5) is 0. The molecule has 0 aliphatic rings. The van der Waals surface area contributed by atoms with E-state index in [0.29, 0.717) is 5.02 Å². The van der Waals surface area contributed by atoms with Crippen molar-refractivity contribution in [3.05, 3.63) is 28.3 Å². The second-order valence-corrected chi connectivity index (χ2v) is 4.27. The molecule has 0 radical (unpaired) electrons. The molecule has 6 heteroatoms. The van der Waals surface area contributed by atoms with Crippen LogP contribution in [0, 0.1) is 16.7 Å². The van der Waals surface area contributed by atoms with Gasteiger partial charge in [0.1, 0.15) is 6.07 Å². The highest BCUT2D eigenvalue weighted by atomic mass is 35.5. The van der Waals surface area contributed by atoms with E-state index in [1.54, 1.807) is 6.07 Å². The Morgan fingerprint density at radius 1 is 1.47 bits per heavy atom. The van der Waals surface area contributed by atoms with E-state index in [2.05, 4.69) is 10.5 Å². The molecule has 1 aromatic carbocycles. The zero-order valence-corrected chi connectivity index (χ0v) is 11.7. The second-order valence-electron chi connectivity index (χ2n) is 3.86. The number of benzene rings is 1. The maximum absolute atomic E-state index is 8.81. The molecule has 0 saturated heterocycles. The van der Waals surface area contributed by atoms with E-state index in [4.69, 9.17) is 28.0 Å². The molecule has 0 atom stereocenters. The molecule has 0 aliphatic carbocycles. The third kappa shape index (κ3) is 3.46. The van der Waals surface area contributed by atoms with Crippen LogP contribution >= 0.6 is 11.6 Å². The summed E-state index contributed by atoms with van der Waals surface area (Å²) in [5, 5.41) is 20.5. The molecule has 0 fully saturated rings. The molecule has 0 aliphatic heterocycles. The number of amidine groups is 1. The summed E-state index contributed by atoms with van der Waals surface area (Å²) in [7, 11) is 0. The van der Waals surface area contributed by atoms with Crippen LogP contribution in [-0.2, 0) is 12.8 Å². The number of rotatable bonds is 5. The Kier molecular flexibility index (Phi) is 5.34. The lowest BCUT2D eigenvalue weighted by Gasteiger charge is -2.14. The number of hydrazone groups is 1. The van der Waals surface area contributed by atoms with Gasteiger partial charge in [-0.3, -0.25) is 10.8 Å². The number of nitrogens with one attached hydrogen (secondary N) is 2. The highest BCUT2D eigenvalue weighted by Crippen LogP contribution is 2.29. The van der Waals surface area contributed by atoms with Gasteiger partial charge in [0.25, 0.3) is 0 Å². The number of hydrogen-bond donors (Lipinski definition) is 3. The summed E-state index contributed by atoms with van der Waals surface area (Å²) in [6, 6.07) is 5.53. The van der Waals surface area contributed by atoms with Gasteiger partial charge in [0.15, 0.2) is 5.84 Å². The van der Waals surface area contributed by atoms with E-state index >= 15 is 0 Å². The first-order valence-electron chi connectivity index (χ1n) is 5.93. The molecule has 0 aromatic heterocycles. The summed E-state index contributed by atoms with van der Waals surface area (Å²) < 4.78 is 0. The summed E-state index contributed by atoms with van der Waals surface area (Å²) >= 11 is 6.15. The Labute approximate surface area is 117 Å². The fraction of sp³-hybridized carbons (Fsp3) is 0.308. The first-order chi connectivity index (χ1) is 9.04. The Balaban J connectivity index is 3.23. The zero-order valence-electron chi connectivity index (χ0n) is 10.9. The van der Waals surface area contributed by atoms with E-state index < -0.39 is 0 Å². The average Bonchev–Trinajstić information content (AvgIpc) is 2.39. The Hall–Kier alpha value is -2.06. The van der Waals surface area contributed by atoms with Gasteiger partial charge in [0.05, 0.1) is 5.69 Å². The third-order valence-electron chi connectivity index (χ3n) is 2.72. The van der Waals surface area contributed by atoms with Crippen molar-refractivity contribution in [1.29, 1.82) is 10.7 Å². The maximum Gasteiger partial charge on any atom is 0.201 e. The molecular formula is C13H16ClN5. The van der Waals surface area contributed by atoms with Crippen LogP contribution in [0.5, 0.6) is 0 Å². The predicted molar refractivity (Wildman–Crippen MR) is 78.8 cm³/mol. The van der Waals surface area contributed by atoms with Crippen molar-refractivity contribution >= 4 is 28.8 Å². The number of nitrogens with zero attached hydrogens (tertiary/aromatic N) is 2. The Morgan fingerprint density at radius 3 is 2.63 bits per heavy atom. The van der Waals surface area contributed by atoms with Gasteiger partial charge in [0, 0.05) is 5.02 Å². The number of halogens is 1. The number of nitrogens with two attached hydrogens (primary N) is 1. The lowest BCUT2D eigenvalue weighted by atomic mass is 10.0. The van der Waals surface area contributed by atoms with Crippen molar-refractivity contribution in [2.45, 2.75) is 26.7 Å². The van der Waals surface area contributed by atoms with Gasteiger partial charge in [0.2, 0.25) is 5.71 Å². The lowest BCUT2D eigenvalue weighted by Crippen LogP contribution is -2.22. The standard InChI is InChI=1S/C13H16ClN5/c1-3-8-5-6-10(14)9(4-2)12(8)19-18-11(7-15)13(16)17/h5-6,19H,3-4H2,1-2H3,(H3,16,17)/b18-11+. The zero-order chi connectivity index (χ0) is 14.4. The largest absolute Gasteiger partial charge is 0.382 e. The molecule has 0 amide bonds. The minimum atomic E-state index is -0.367. The highest BCUT2D eigenvalue weighted by molar-refractivity contribution is 6.45. The van der Waals surface area contributed by atoms with Crippen LogP contribution in [-0.4, -0.2) is 11.5 Å². The van der Waals surface area contributed by atoms with Crippen molar-refractivity contribution in [3.63, 3.8) is 0 Å². The molecule has 0 unspecified atom stereocenters. The van der Waals surface area contributed by atoms with Crippen LogP contribution in [0.3, 0.4) is 0 Å². The van der Waals surface area contributed by atoms with Crippen LogP contribution < -0.4 is 11.2 Å². The van der Waals surface area contributed by atoms with Crippen molar-refractivity contribution in [1.82, 2.24) is 0 Å². The van der Waals surface area contributed by atoms with E-state index in [9.17, 15) is 0 Å². The Bertz CT molecular complexity index is 557. The maximum atomic E-state index is 8.81. The molecule has 0 heterocycles. The lowest BCUT2D eigenvalue weighted by molar-refractivity contribution is 1.07. The van der Waals surface area contributed by atoms with E-state index in [1.807, 2.05) is 26.0 Å². The Morgan fingerprint density at radius 2 is 2.16 bits per heavy atom. The molecule has 100 valence electrons. The SMILES string of the molecule is CCc1ccc(Cl)c(CC)c1N/N=C(\C#N)C(=N)N. The minimum Gasteiger partial charge on any atom is -0.382 e. The number of aryl methyl sites for hydroxylation is 1. The smallest absolute Gasteiger partial charge is 0.201 e. The van der Waals surface area contributed by atoms with E-state index in [1.165, 1.54) is 0 Å². The van der Waals surface area contributed by atoms with Gasteiger partial charge in [-0.05, 0) is 30.0 Å². The quantitative estimate of drug-likeness (QED) is 0.438. The molecule has 1 aromatic rings. The summed E-state index contributed by atoms with van der Waals surface area (Å²) in [5.74, 6) is -0.367. The van der Waals surface area contributed by atoms with Gasteiger partial charge in [-0.2, -0.15) is 10.4 Å². The van der Waals surface area contributed by atoms with Gasteiger partial charge >= 0.3 is 0 Å². The molecule has 0 saturated carbocycles. The van der Waals surface area contributed by atoms with Crippen molar-refractivity contribution in [2.24, 2.45) is 10.8 Å². The molecule has 0 bridgehead atoms. The van der Waals surface area contributed by atoms with Crippen LogP contribution in [0.25, 0.3) is 0 Å².